The molecule has 2 rings (SSSR count). The van der Waals surface area contributed by atoms with E-state index in [-0.39, 0.29) is 5.78 Å². The largest absolute Gasteiger partial charge is 0.317 e. The van der Waals surface area contributed by atoms with Crippen LogP contribution >= 0.6 is 7.80 Å². The van der Waals surface area contributed by atoms with E-state index >= 15 is 0 Å². The lowest BCUT2D eigenvalue weighted by Crippen LogP contribution is -2.28. The van der Waals surface area contributed by atoms with Gasteiger partial charge in [-0.3, -0.25) is 4.79 Å². The molecule has 2 aromatic rings. The van der Waals surface area contributed by atoms with Crippen LogP contribution in [0.15, 0.2) is 54.6 Å². The number of ketones is 1. The van der Waals surface area contributed by atoms with E-state index in [1.165, 1.54) is 0 Å². The highest BCUT2D eigenvalue weighted by molar-refractivity contribution is 7.61. The first-order valence-electron chi connectivity index (χ1n) is 8.71. The summed E-state index contributed by atoms with van der Waals surface area (Å²) >= 11 is 0. The molecule has 24 heavy (non-hydrogen) atoms. The van der Waals surface area contributed by atoms with E-state index in [1.807, 2.05) is 68.4 Å². The molecule has 0 aromatic heterocycles. The molecule has 0 aliphatic carbocycles. The van der Waals surface area contributed by atoms with Gasteiger partial charge in [-0.2, -0.15) is 0 Å². The molecule has 0 N–H and O–H groups in total. The molecule has 128 valence electrons. The molecule has 2 aromatic carbocycles. The Morgan fingerprint density at radius 3 is 2.25 bits per heavy atom. The Morgan fingerprint density at radius 1 is 0.958 bits per heavy atom. The lowest BCUT2D eigenvalue weighted by molar-refractivity contribution is 0.0824. The molecule has 0 saturated heterocycles. The minimum Gasteiger partial charge on any atom is -0.317 e. The third-order valence-corrected chi connectivity index (χ3v) is 6.26. The van der Waals surface area contributed by atoms with Crippen molar-refractivity contribution in [3.63, 3.8) is 0 Å². The quantitative estimate of drug-likeness (QED) is 0.385. The Balaban J connectivity index is 2.31. The van der Waals surface area contributed by atoms with Gasteiger partial charge < -0.3 is 4.57 Å². The van der Waals surface area contributed by atoms with Crippen molar-refractivity contribution in [1.82, 2.24) is 0 Å². The minimum absolute atomic E-state index is 0.100. The molecule has 0 saturated carbocycles. The fourth-order valence-corrected chi connectivity index (χ4v) is 4.41. The highest BCUT2D eigenvalue weighted by atomic mass is 31.1. The van der Waals surface area contributed by atoms with Crippen LogP contribution in [0.5, 0.6) is 0 Å². The summed E-state index contributed by atoms with van der Waals surface area (Å²) in [4.78, 5) is 13.1. The molecule has 0 radical (unpaired) electrons. The number of Topliss-reactive ketones (excluding diaryl/α,β-unsaturated/α-hetero) is 1. The van der Waals surface area contributed by atoms with E-state index in [0.29, 0.717) is 10.9 Å². The van der Waals surface area contributed by atoms with Gasteiger partial charge in [0.2, 0.25) is 0 Å². The summed E-state index contributed by atoms with van der Waals surface area (Å²) < 4.78 is 13.0. The van der Waals surface area contributed by atoms with E-state index in [2.05, 4.69) is 6.92 Å². The van der Waals surface area contributed by atoms with Crippen molar-refractivity contribution < 1.29 is 9.36 Å². The first-order valence-corrected chi connectivity index (χ1v) is 10.1. The molecule has 0 heterocycles. The van der Waals surface area contributed by atoms with Crippen LogP contribution in [0.25, 0.3) is 0 Å². The van der Waals surface area contributed by atoms with Crippen LogP contribution in [0.4, 0.5) is 0 Å². The molecule has 0 bridgehead atoms. The van der Waals surface area contributed by atoms with E-state index in [9.17, 15) is 9.36 Å². The topological polar surface area (TPSA) is 34.1 Å². The molecule has 0 amide bonds. The maximum atomic E-state index is 13.1. The van der Waals surface area contributed by atoms with E-state index in [0.717, 1.165) is 31.0 Å². The maximum absolute atomic E-state index is 13.1. The summed E-state index contributed by atoms with van der Waals surface area (Å²) in [6.07, 6.45) is 4.19. The lowest BCUT2D eigenvalue weighted by atomic mass is 9.80. The van der Waals surface area contributed by atoms with Gasteiger partial charge in [0.05, 0.1) is 0 Å². The molecule has 0 aliphatic rings. The molecular formula is C21H27O2P. The van der Waals surface area contributed by atoms with Crippen LogP contribution in [-0.4, -0.2) is 5.78 Å². The predicted molar refractivity (Wildman–Crippen MR) is 103 cm³/mol. The fourth-order valence-electron chi connectivity index (χ4n) is 2.92. The average molecular weight is 342 g/mol. The van der Waals surface area contributed by atoms with Crippen molar-refractivity contribution in [3.05, 3.63) is 60.2 Å². The number of hydrogen-bond acceptors (Lipinski definition) is 2. The molecular weight excluding hydrogens is 315 g/mol. The van der Waals surface area contributed by atoms with E-state index in [4.69, 9.17) is 0 Å². The number of carbonyl (C=O) groups excluding carboxylic acids is 1. The molecule has 0 fully saturated rings. The first kappa shape index (κ1) is 18.7. The second-order valence-electron chi connectivity index (χ2n) is 6.91. The second kappa shape index (κ2) is 8.44. The van der Waals surface area contributed by atoms with Crippen LogP contribution in [0.3, 0.4) is 0 Å². The Bertz CT molecular complexity index is 705. The van der Waals surface area contributed by atoms with Gasteiger partial charge in [-0.25, -0.2) is 0 Å². The lowest BCUT2D eigenvalue weighted by Gasteiger charge is -2.24. The van der Waals surface area contributed by atoms with Gasteiger partial charge >= 0.3 is 0 Å². The summed E-state index contributed by atoms with van der Waals surface area (Å²) in [6.45, 7) is 6.17. The van der Waals surface area contributed by atoms with E-state index in [1.54, 1.807) is 0 Å². The van der Waals surface area contributed by atoms with E-state index < -0.39 is 13.2 Å². The van der Waals surface area contributed by atoms with Crippen molar-refractivity contribution in [2.45, 2.75) is 46.5 Å². The monoisotopic (exact) mass is 342 g/mol. The number of unbranched alkanes of at least 4 members (excludes halogenated alkanes) is 2. The summed E-state index contributed by atoms with van der Waals surface area (Å²) in [5.74, 6) is 0.100. The van der Waals surface area contributed by atoms with Crippen molar-refractivity contribution in [3.8, 4) is 0 Å². The van der Waals surface area contributed by atoms with Crippen molar-refractivity contribution in [2.24, 2.45) is 5.41 Å². The SMILES string of the molecule is CCCCCC(C)(C)C(=O)c1ccccc1[PH](=O)c1ccccc1. The van der Waals surface area contributed by atoms with Gasteiger partial charge in [0.1, 0.15) is 7.80 Å². The third kappa shape index (κ3) is 4.45. The Morgan fingerprint density at radius 2 is 1.58 bits per heavy atom. The van der Waals surface area contributed by atoms with Crippen LogP contribution in [0.1, 0.15) is 56.8 Å². The molecule has 0 aliphatic heterocycles. The highest BCUT2D eigenvalue weighted by Gasteiger charge is 2.30. The van der Waals surface area contributed by atoms with Gasteiger partial charge in [0.15, 0.2) is 5.78 Å². The fraction of sp³-hybridized carbons (Fsp3) is 0.381. The highest BCUT2D eigenvalue weighted by Crippen LogP contribution is 2.31. The molecule has 3 heteroatoms. The molecule has 1 unspecified atom stereocenters. The summed E-state index contributed by atoms with van der Waals surface area (Å²) in [7, 11) is -2.17. The van der Waals surface area contributed by atoms with Gasteiger partial charge in [0, 0.05) is 21.6 Å². The molecule has 2 nitrogen and oxygen atoms in total. The smallest absolute Gasteiger partial charge is 0.169 e. The van der Waals surface area contributed by atoms with Gasteiger partial charge in [-0.1, -0.05) is 94.6 Å². The summed E-state index contributed by atoms with van der Waals surface area (Å²) in [6, 6.07) is 16.8. The number of benzene rings is 2. The third-order valence-electron chi connectivity index (χ3n) is 4.47. The zero-order chi connectivity index (χ0) is 17.6. The Hall–Kier alpha value is -1.66. The van der Waals surface area contributed by atoms with Crippen LogP contribution in [-0.2, 0) is 4.57 Å². The van der Waals surface area contributed by atoms with Crippen LogP contribution in [0, 0.1) is 5.41 Å². The number of hydrogen-bond donors (Lipinski definition) is 0. The predicted octanol–water partition coefficient (Wildman–Crippen LogP) is 4.99. The summed E-state index contributed by atoms with van der Waals surface area (Å²) in [5, 5.41) is 1.48. The van der Waals surface area contributed by atoms with Crippen LogP contribution in [0.2, 0.25) is 0 Å². The van der Waals surface area contributed by atoms with Gasteiger partial charge in [0.25, 0.3) is 0 Å². The first-order chi connectivity index (χ1) is 11.5. The zero-order valence-electron chi connectivity index (χ0n) is 14.8. The second-order valence-corrected chi connectivity index (χ2v) is 8.69. The van der Waals surface area contributed by atoms with Crippen molar-refractivity contribution in [1.29, 1.82) is 0 Å². The Labute approximate surface area is 146 Å². The van der Waals surface area contributed by atoms with Crippen molar-refractivity contribution >= 4 is 24.2 Å². The van der Waals surface area contributed by atoms with Gasteiger partial charge in [-0.05, 0) is 6.42 Å². The standard InChI is InChI=1S/C21H27O2P/c1-4-5-11-16-21(2,3)20(22)18-14-9-10-15-19(18)24(23)17-12-7-6-8-13-17/h6-10,12-15,24H,4-5,11,16H2,1-3H3. The average Bonchev–Trinajstić information content (AvgIpc) is 2.61. The Kier molecular flexibility index (Phi) is 6.57. The van der Waals surface area contributed by atoms with Crippen LogP contribution < -0.4 is 10.6 Å². The zero-order valence-corrected chi connectivity index (χ0v) is 15.8. The maximum Gasteiger partial charge on any atom is 0.169 e. The number of carbonyl (C=O) groups is 1. The normalized spacial score (nSPS) is 12.8. The summed E-state index contributed by atoms with van der Waals surface area (Å²) in [5.41, 5.74) is 0.191. The van der Waals surface area contributed by atoms with Gasteiger partial charge in [-0.15, -0.1) is 0 Å². The molecule has 1 atom stereocenters. The molecule has 0 spiro atoms. The minimum atomic E-state index is -2.17. The van der Waals surface area contributed by atoms with Crippen molar-refractivity contribution in [2.75, 3.05) is 0 Å². The number of rotatable bonds is 8.